The topological polar surface area (TPSA) is 70.7 Å². The molecule has 6 nitrogen and oxygen atoms in total. The van der Waals surface area contributed by atoms with Gasteiger partial charge in [-0.15, -0.1) is 0 Å². The molecule has 1 aromatic carbocycles. The van der Waals surface area contributed by atoms with Crippen LogP contribution in [0, 0.1) is 0 Å². The van der Waals surface area contributed by atoms with Crippen LogP contribution >= 0.6 is 11.6 Å². The summed E-state index contributed by atoms with van der Waals surface area (Å²) < 4.78 is 5.50. The summed E-state index contributed by atoms with van der Waals surface area (Å²) in [5.74, 6) is 0.315. The van der Waals surface area contributed by atoms with Gasteiger partial charge in [0.2, 0.25) is 5.91 Å². The molecule has 7 heteroatoms. The number of carbonyl (C=O) groups is 2. The summed E-state index contributed by atoms with van der Waals surface area (Å²) in [5, 5.41) is 5.11. The highest BCUT2D eigenvalue weighted by Crippen LogP contribution is 2.16. The van der Waals surface area contributed by atoms with Crippen molar-refractivity contribution in [1.29, 1.82) is 0 Å². The monoisotopic (exact) mass is 299 g/mol. The average Bonchev–Trinajstić information content (AvgIpc) is 2.38. The zero-order valence-corrected chi connectivity index (χ0v) is 12.2. The lowest BCUT2D eigenvalue weighted by Crippen LogP contribution is -2.43. The van der Waals surface area contributed by atoms with Crippen molar-refractivity contribution in [3.8, 4) is 5.75 Å². The lowest BCUT2D eigenvalue weighted by molar-refractivity contribution is -0.120. The molecule has 0 spiro atoms. The molecule has 2 N–H and O–H groups in total. The largest absolute Gasteiger partial charge is 0.492 e. The van der Waals surface area contributed by atoms with E-state index in [1.807, 2.05) is 6.07 Å². The van der Waals surface area contributed by atoms with Gasteiger partial charge in [0, 0.05) is 18.6 Å². The second kappa shape index (κ2) is 8.39. The fourth-order valence-corrected chi connectivity index (χ4v) is 1.61. The summed E-state index contributed by atoms with van der Waals surface area (Å²) in [6.07, 6.45) is 0. The Balaban J connectivity index is 2.24. The van der Waals surface area contributed by atoms with E-state index in [0.29, 0.717) is 23.9 Å². The number of hydrogen-bond donors (Lipinski definition) is 2. The van der Waals surface area contributed by atoms with Crippen LogP contribution in [0.1, 0.15) is 0 Å². The van der Waals surface area contributed by atoms with Crippen LogP contribution in [0.15, 0.2) is 24.3 Å². The highest BCUT2D eigenvalue weighted by atomic mass is 35.5. The van der Waals surface area contributed by atoms with Crippen LogP contribution in [0.25, 0.3) is 0 Å². The minimum atomic E-state index is -0.515. The number of carbonyl (C=O) groups excluding carboxylic acids is 2. The Morgan fingerprint density at radius 3 is 2.80 bits per heavy atom. The first-order valence-corrected chi connectivity index (χ1v) is 6.47. The maximum atomic E-state index is 11.4. The number of rotatable bonds is 6. The van der Waals surface area contributed by atoms with Gasteiger partial charge in [-0.25, -0.2) is 4.79 Å². The highest BCUT2D eigenvalue weighted by molar-refractivity contribution is 6.30. The van der Waals surface area contributed by atoms with E-state index in [1.54, 1.807) is 30.1 Å². The third kappa shape index (κ3) is 6.40. The summed E-state index contributed by atoms with van der Waals surface area (Å²) in [6, 6.07) is 6.59. The molecular formula is C13H18ClN3O3. The Labute approximate surface area is 123 Å². The first-order chi connectivity index (χ1) is 9.51. The molecule has 1 aromatic rings. The van der Waals surface area contributed by atoms with Crippen molar-refractivity contribution >= 4 is 23.5 Å². The van der Waals surface area contributed by atoms with Gasteiger partial charge in [0.05, 0.1) is 6.54 Å². The molecule has 0 aliphatic carbocycles. The molecule has 20 heavy (non-hydrogen) atoms. The number of hydrogen-bond acceptors (Lipinski definition) is 4. The van der Waals surface area contributed by atoms with Crippen molar-refractivity contribution < 1.29 is 14.3 Å². The van der Waals surface area contributed by atoms with Crippen LogP contribution in [-0.2, 0) is 4.79 Å². The fraction of sp³-hybridized carbons (Fsp3) is 0.385. The van der Waals surface area contributed by atoms with Crippen LogP contribution in [0.2, 0.25) is 5.02 Å². The Kier molecular flexibility index (Phi) is 6.83. The van der Waals surface area contributed by atoms with E-state index >= 15 is 0 Å². The SMILES string of the molecule is CNC(=O)NC(=O)CN(C)CCOc1cccc(Cl)c1. The second-order valence-electron chi connectivity index (χ2n) is 4.17. The third-order valence-electron chi connectivity index (χ3n) is 2.43. The second-order valence-corrected chi connectivity index (χ2v) is 4.61. The van der Waals surface area contributed by atoms with Gasteiger partial charge in [0.15, 0.2) is 0 Å². The molecule has 0 aliphatic heterocycles. The van der Waals surface area contributed by atoms with Gasteiger partial charge in [0.25, 0.3) is 0 Å². The number of imide groups is 1. The summed E-state index contributed by atoms with van der Waals surface area (Å²) in [7, 11) is 3.22. The molecule has 0 unspecified atom stereocenters. The van der Waals surface area contributed by atoms with E-state index in [4.69, 9.17) is 16.3 Å². The molecule has 1 rings (SSSR count). The van der Waals surface area contributed by atoms with Crippen LogP contribution in [0.5, 0.6) is 5.75 Å². The van der Waals surface area contributed by atoms with Gasteiger partial charge in [-0.05, 0) is 25.2 Å². The lowest BCUT2D eigenvalue weighted by atomic mass is 10.3. The third-order valence-corrected chi connectivity index (χ3v) is 2.67. The summed E-state index contributed by atoms with van der Waals surface area (Å²) in [4.78, 5) is 24.1. The quantitative estimate of drug-likeness (QED) is 0.825. The Hall–Kier alpha value is -1.79. The number of nitrogens with one attached hydrogen (secondary N) is 2. The van der Waals surface area contributed by atoms with Crippen LogP contribution in [0.4, 0.5) is 4.79 Å². The standard InChI is InChI=1S/C13H18ClN3O3/c1-15-13(19)16-12(18)9-17(2)6-7-20-11-5-3-4-10(14)8-11/h3-5,8H,6-7,9H2,1-2H3,(H2,15,16,18,19). The highest BCUT2D eigenvalue weighted by Gasteiger charge is 2.09. The van der Waals surface area contributed by atoms with E-state index in [-0.39, 0.29) is 12.5 Å². The molecule has 0 radical (unpaired) electrons. The predicted octanol–water partition coefficient (Wildman–Crippen LogP) is 1.11. The predicted molar refractivity (Wildman–Crippen MR) is 77.0 cm³/mol. The number of halogens is 1. The van der Waals surface area contributed by atoms with Crippen molar-refractivity contribution in [3.63, 3.8) is 0 Å². The molecule has 0 heterocycles. The zero-order valence-electron chi connectivity index (χ0n) is 11.5. The van der Waals surface area contributed by atoms with E-state index in [0.717, 1.165) is 0 Å². The van der Waals surface area contributed by atoms with Crippen molar-refractivity contribution in [2.24, 2.45) is 0 Å². The average molecular weight is 300 g/mol. The molecule has 0 aromatic heterocycles. The smallest absolute Gasteiger partial charge is 0.321 e. The summed E-state index contributed by atoms with van der Waals surface area (Å²) in [5.41, 5.74) is 0. The molecule has 0 aliphatic rings. The van der Waals surface area contributed by atoms with Gasteiger partial charge in [-0.2, -0.15) is 0 Å². The van der Waals surface area contributed by atoms with E-state index in [1.165, 1.54) is 7.05 Å². The van der Waals surface area contributed by atoms with E-state index in [9.17, 15) is 9.59 Å². The summed E-state index contributed by atoms with van der Waals surface area (Å²) in [6.45, 7) is 1.09. The normalized spacial score (nSPS) is 10.2. The van der Waals surface area contributed by atoms with Gasteiger partial charge in [-0.3, -0.25) is 15.0 Å². The molecular weight excluding hydrogens is 282 g/mol. The number of likely N-dealkylation sites (N-methyl/N-ethyl adjacent to an activating group) is 1. The first kappa shape index (κ1) is 16.3. The van der Waals surface area contributed by atoms with Crippen LogP contribution < -0.4 is 15.4 Å². The fourth-order valence-electron chi connectivity index (χ4n) is 1.43. The first-order valence-electron chi connectivity index (χ1n) is 6.09. The zero-order chi connectivity index (χ0) is 15.0. The van der Waals surface area contributed by atoms with Gasteiger partial charge in [-0.1, -0.05) is 17.7 Å². The number of amides is 3. The molecule has 0 atom stereocenters. The summed E-state index contributed by atoms with van der Waals surface area (Å²) >= 11 is 5.84. The van der Waals surface area contributed by atoms with Crippen molar-refractivity contribution in [2.75, 3.05) is 33.8 Å². The van der Waals surface area contributed by atoms with Gasteiger partial charge < -0.3 is 10.1 Å². The van der Waals surface area contributed by atoms with Gasteiger partial charge >= 0.3 is 6.03 Å². The molecule has 0 saturated heterocycles. The van der Waals surface area contributed by atoms with Crippen LogP contribution in [0.3, 0.4) is 0 Å². The Bertz CT molecular complexity index is 468. The number of ether oxygens (including phenoxy) is 1. The number of benzene rings is 1. The maximum absolute atomic E-state index is 11.4. The Morgan fingerprint density at radius 2 is 2.15 bits per heavy atom. The van der Waals surface area contributed by atoms with E-state index in [2.05, 4.69) is 10.6 Å². The van der Waals surface area contributed by atoms with Gasteiger partial charge in [0.1, 0.15) is 12.4 Å². The minimum absolute atomic E-state index is 0.117. The molecule has 110 valence electrons. The van der Waals surface area contributed by atoms with E-state index < -0.39 is 6.03 Å². The number of nitrogens with zero attached hydrogens (tertiary/aromatic N) is 1. The van der Waals surface area contributed by atoms with Crippen molar-refractivity contribution in [3.05, 3.63) is 29.3 Å². The molecule has 0 bridgehead atoms. The minimum Gasteiger partial charge on any atom is -0.492 e. The molecule has 0 saturated carbocycles. The molecule has 3 amide bonds. The lowest BCUT2D eigenvalue weighted by Gasteiger charge is -2.16. The molecule has 0 fully saturated rings. The maximum Gasteiger partial charge on any atom is 0.321 e. The van der Waals surface area contributed by atoms with Crippen molar-refractivity contribution in [2.45, 2.75) is 0 Å². The Morgan fingerprint density at radius 1 is 1.40 bits per heavy atom. The van der Waals surface area contributed by atoms with Crippen molar-refractivity contribution in [1.82, 2.24) is 15.5 Å². The van der Waals surface area contributed by atoms with Crippen LogP contribution in [-0.4, -0.2) is 50.6 Å². The number of urea groups is 1.